The number of sulfonamides is 1. The molecule has 1 saturated carbocycles. The molecule has 5 nitrogen and oxygen atoms in total. The Hall–Kier alpha value is -0.880. The van der Waals surface area contributed by atoms with Crippen LogP contribution in [0.2, 0.25) is 0 Å². The molecular formula is C7H11N3O2S. The van der Waals surface area contributed by atoms with E-state index in [0.717, 1.165) is 12.8 Å². The van der Waals surface area contributed by atoms with Crippen LogP contribution in [0.4, 0.5) is 0 Å². The smallest absolute Gasteiger partial charge is 0.257 e. The second-order valence-electron chi connectivity index (χ2n) is 3.59. The fourth-order valence-electron chi connectivity index (χ4n) is 1.06. The zero-order valence-electron chi connectivity index (χ0n) is 7.24. The Morgan fingerprint density at radius 1 is 1.62 bits per heavy atom. The molecule has 0 aromatic carbocycles. The highest BCUT2D eigenvalue weighted by Crippen LogP contribution is 2.35. The van der Waals surface area contributed by atoms with E-state index in [1.807, 2.05) is 6.92 Å². The van der Waals surface area contributed by atoms with E-state index in [1.165, 1.54) is 12.3 Å². The molecule has 0 unspecified atom stereocenters. The first-order chi connectivity index (χ1) is 6.02. The summed E-state index contributed by atoms with van der Waals surface area (Å²) in [5.74, 6) is 0. The number of hydrogen-bond donors (Lipinski definition) is 2. The molecule has 0 spiro atoms. The maximum atomic E-state index is 11.6. The van der Waals surface area contributed by atoms with E-state index in [0.29, 0.717) is 0 Å². The third-order valence-electron chi connectivity index (χ3n) is 2.15. The van der Waals surface area contributed by atoms with Gasteiger partial charge in [-0.1, -0.05) is 0 Å². The van der Waals surface area contributed by atoms with Gasteiger partial charge in [0.15, 0.2) is 5.03 Å². The molecule has 1 aromatic rings. The summed E-state index contributed by atoms with van der Waals surface area (Å²) in [6.45, 7) is 1.89. The van der Waals surface area contributed by atoms with E-state index in [2.05, 4.69) is 14.9 Å². The Bertz CT molecular complexity index is 391. The lowest BCUT2D eigenvalue weighted by Gasteiger charge is -2.09. The van der Waals surface area contributed by atoms with Crippen LogP contribution in [0.1, 0.15) is 19.8 Å². The van der Waals surface area contributed by atoms with Gasteiger partial charge in [0.05, 0.1) is 6.20 Å². The van der Waals surface area contributed by atoms with Gasteiger partial charge in [-0.3, -0.25) is 5.10 Å². The van der Waals surface area contributed by atoms with Gasteiger partial charge in [-0.2, -0.15) is 5.10 Å². The van der Waals surface area contributed by atoms with Crippen LogP contribution in [0.3, 0.4) is 0 Å². The number of H-pyrrole nitrogens is 1. The summed E-state index contributed by atoms with van der Waals surface area (Å²) in [5, 5.41) is 6.15. The standard InChI is InChI=1S/C7H11N3O2S/c1-7(3-4-7)10-13(11,12)6-2-5-8-9-6/h2,5,10H,3-4H2,1H3,(H,8,9). The molecule has 2 N–H and O–H groups in total. The molecule has 0 radical (unpaired) electrons. The normalized spacial score (nSPS) is 20.1. The number of nitrogens with zero attached hydrogens (tertiary/aromatic N) is 1. The van der Waals surface area contributed by atoms with Crippen molar-refractivity contribution in [1.82, 2.24) is 14.9 Å². The third kappa shape index (κ3) is 1.73. The molecule has 2 rings (SSSR count). The lowest BCUT2D eigenvalue weighted by molar-refractivity contribution is 0.554. The van der Waals surface area contributed by atoms with E-state index < -0.39 is 10.0 Å². The summed E-state index contributed by atoms with van der Waals surface area (Å²) in [7, 11) is -3.38. The first-order valence-corrected chi connectivity index (χ1v) is 5.54. The molecule has 0 amide bonds. The van der Waals surface area contributed by atoms with Crippen LogP contribution in [-0.2, 0) is 10.0 Å². The molecule has 72 valence electrons. The Balaban J connectivity index is 2.22. The lowest BCUT2D eigenvalue weighted by atomic mass is 10.4. The van der Waals surface area contributed by atoms with Gasteiger partial charge in [0, 0.05) is 5.54 Å². The number of aromatic nitrogens is 2. The van der Waals surface area contributed by atoms with E-state index in [9.17, 15) is 8.42 Å². The highest BCUT2D eigenvalue weighted by Gasteiger charge is 2.41. The van der Waals surface area contributed by atoms with Crippen LogP contribution in [0.5, 0.6) is 0 Å². The van der Waals surface area contributed by atoms with Gasteiger partial charge in [0.2, 0.25) is 0 Å². The summed E-state index contributed by atoms with van der Waals surface area (Å²) in [6, 6.07) is 1.44. The molecule has 1 aliphatic rings. The molecule has 1 heterocycles. The first-order valence-electron chi connectivity index (χ1n) is 4.05. The van der Waals surface area contributed by atoms with Crippen molar-refractivity contribution in [3.05, 3.63) is 12.3 Å². The van der Waals surface area contributed by atoms with Crippen molar-refractivity contribution in [3.63, 3.8) is 0 Å². The Morgan fingerprint density at radius 3 is 2.77 bits per heavy atom. The SMILES string of the molecule is CC1(NS(=O)(=O)c2ccn[nH]2)CC1. The van der Waals surface area contributed by atoms with Crippen molar-refractivity contribution >= 4 is 10.0 Å². The predicted octanol–water partition coefficient (Wildman–Crippen LogP) is 0.240. The van der Waals surface area contributed by atoms with Crippen molar-refractivity contribution in [2.75, 3.05) is 0 Å². The highest BCUT2D eigenvalue weighted by molar-refractivity contribution is 7.89. The minimum Gasteiger partial charge on any atom is -0.266 e. The summed E-state index contributed by atoms with van der Waals surface area (Å²) < 4.78 is 25.7. The monoisotopic (exact) mass is 201 g/mol. The summed E-state index contributed by atoms with van der Waals surface area (Å²) in [4.78, 5) is 0. The highest BCUT2D eigenvalue weighted by atomic mass is 32.2. The van der Waals surface area contributed by atoms with Gasteiger partial charge in [0.1, 0.15) is 0 Å². The molecule has 0 atom stereocenters. The molecule has 6 heteroatoms. The van der Waals surface area contributed by atoms with Crippen molar-refractivity contribution in [2.45, 2.75) is 30.3 Å². The van der Waals surface area contributed by atoms with Gasteiger partial charge in [0.25, 0.3) is 10.0 Å². The van der Waals surface area contributed by atoms with Crippen LogP contribution in [0.25, 0.3) is 0 Å². The van der Waals surface area contributed by atoms with Gasteiger partial charge < -0.3 is 0 Å². The second-order valence-corrected chi connectivity index (χ2v) is 5.24. The number of hydrogen-bond acceptors (Lipinski definition) is 3. The number of aromatic amines is 1. The molecule has 0 aliphatic heterocycles. The number of nitrogens with one attached hydrogen (secondary N) is 2. The summed E-state index contributed by atoms with van der Waals surface area (Å²) >= 11 is 0. The van der Waals surface area contributed by atoms with Crippen LogP contribution in [-0.4, -0.2) is 24.2 Å². The number of rotatable bonds is 3. The van der Waals surface area contributed by atoms with Crippen molar-refractivity contribution < 1.29 is 8.42 Å². The Labute approximate surface area is 76.6 Å². The second kappa shape index (κ2) is 2.55. The third-order valence-corrected chi connectivity index (χ3v) is 3.71. The Kier molecular flexibility index (Phi) is 1.71. The average molecular weight is 201 g/mol. The van der Waals surface area contributed by atoms with Crippen LogP contribution in [0.15, 0.2) is 17.3 Å². The molecular weight excluding hydrogens is 190 g/mol. The maximum Gasteiger partial charge on any atom is 0.257 e. The predicted molar refractivity (Wildman–Crippen MR) is 46.5 cm³/mol. The van der Waals surface area contributed by atoms with E-state index in [4.69, 9.17) is 0 Å². The van der Waals surface area contributed by atoms with E-state index in [1.54, 1.807) is 0 Å². The molecule has 0 bridgehead atoms. The summed E-state index contributed by atoms with van der Waals surface area (Å²) in [6.07, 6.45) is 3.23. The van der Waals surface area contributed by atoms with Crippen molar-refractivity contribution in [3.8, 4) is 0 Å². The van der Waals surface area contributed by atoms with E-state index in [-0.39, 0.29) is 10.6 Å². The zero-order chi connectivity index (χ0) is 9.53. The van der Waals surface area contributed by atoms with Crippen molar-refractivity contribution in [1.29, 1.82) is 0 Å². The maximum absolute atomic E-state index is 11.6. The lowest BCUT2D eigenvalue weighted by Crippen LogP contribution is -2.34. The fourth-order valence-corrected chi connectivity index (χ4v) is 2.44. The molecule has 13 heavy (non-hydrogen) atoms. The van der Waals surface area contributed by atoms with Crippen LogP contribution in [0, 0.1) is 0 Å². The van der Waals surface area contributed by atoms with Crippen molar-refractivity contribution in [2.24, 2.45) is 0 Å². The zero-order valence-corrected chi connectivity index (χ0v) is 8.06. The Morgan fingerprint density at radius 2 is 2.31 bits per heavy atom. The largest absolute Gasteiger partial charge is 0.266 e. The summed E-state index contributed by atoms with van der Waals surface area (Å²) in [5.41, 5.74) is -0.232. The molecule has 1 aliphatic carbocycles. The van der Waals surface area contributed by atoms with E-state index >= 15 is 0 Å². The van der Waals surface area contributed by atoms with Gasteiger partial charge >= 0.3 is 0 Å². The van der Waals surface area contributed by atoms with Gasteiger partial charge in [-0.25, -0.2) is 13.1 Å². The quantitative estimate of drug-likeness (QED) is 0.735. The minimum absolute atomic E-state index is 0.126. The fraction of sp³-hybridized carbons (Fsp3) is 0.571. The molecule has 1 aromatic heterocycles. The van der Waals surface area contributed by atoms with Crippen LogP contribution < -0.4 is 4.72 Å². The van der Waals surface area contributed by atoms with Crippen LogP contribution >= 0.6 is 0 Å². The van der Waals surface area contributed by atoms with Gasteiger partial charge in [-0.05, 0) is 25.8 Å². The molecule has 0 saturated heterocycles. The average Bonchev–Trinajstić information content (AvgIpc) is 2.53. The van der Waals surface area contributed by atoms with Gasteiger partial charge in [-0.15, -0.1) is 0 Å². The minimum atomic E-state index is -3.38. The molecule has 1 fully saturated rings. The first kappa shape index (κ1) is 8.71. The topological polar surface area (TPSA) is 74.8 Å².